The van der Waals surface area contributed by atoms with E-state index in [1.54, 1.807) is 11.8 Å². The number of hydrogen-bond acceptors (Lipinski definition) is 5. The fraction of sp³-hybridized carbons (Fsp3) is 0.333. The van der Waals surface area contributed by atoms with Crippen LogP contribution in [0, 0.1) is 0 Å². The quantitative estimate of drug-likeness (QED) is 0.801. The van der Waals surface area contributed by atoms with Crippen LogP contribution in [0.25, 0.3) is 0 Å². The Balaban J connectivity index is 1.63. The van der Waals surface area contributed by atoms with E-state index in [9.17, 15) is 14.7 Å². The summed E-state index contributed by atoms with van der Waals surface area (Å²) in [5.41, 5.74) is 0.778. The van der Waals surface area contributed by atoms with Crippen LogP contribution in [0.5, 0.6) is 0 Å². The molecule has 5 nitrogen and oxygen atoms in total. The Hall–Kier alpha value is -1.60. The SMILES string of the molecule is O=C(CSc1ccccc1)NC1=C(C(=O)O)N2CCC2SC1. The molecule has 2 heterocycles. The van der Waals surface area contributed by atoms with E-state index in [1.165, 1.54) is 11.8 Å². The molecule has 1 saturated heterocycles. The molecule has 1 fully saturated rings. The van der Waals surface area contributed by atoms with Crippen molar-refractivity contribution < 1.29 is 14.7 Å². The largest absolute Gasteiger partial charge is 0.477 e. The Kier molecular flexibility index (Phi) is 4.63. The summed E-state index contributed by atoms with van der Waals surface area (Å²) in [6, 6.07) is 9.67. The van der Waals surface area contributed by atoms with Crippen LogP contribution in [0.3, 0.4) is 0 Å². The second-order valence-corrected chi connectivity index (χ2v) is 7.24. The van der Waals surface area contributed by atoms with Gasteiger partial charge in [-0.2, -0.15) is 0 Å². The number of benzene rings is 1. The number of carbonyl (C=O) groups is 2. The van der Waals surface area contributed by atoms with Crippen molar-refractivity contribution in [3.05, 3.63) is 41.7 Å². The molecule has 0 aliphatic carbocycles. The molecule has 22 heavy (non-hydrogen) atoms. The van der Waals surface area contributed by atoms with Crippen LogP contribution in [-0.4, -0.2) is 45.3 Å². The monoisotopic (exact) mass is 336 g/mol. The molecule has 1 unspecified atom stereocenters. The number of nitrogens with one attached hydrogen (secondary N) is 1. The standard InChI is InChI=1S/C15H16N2O3S2/c18-12(9-21-10-4-2-1-3-5-10)16-11-8-22-13-6-7-17(13)14(11)15(19)20/h1-5,13H,6-9H2,(H,16,18)(H,19,20). The van der Waals surface area contributed by atoms with Crippen LogP contribution in [0.1, 0.15) is 6.42 Å². The number of carboxylic acids is 1. The summed E-state index contributed by atoms with van der Waals surface area (Å²) >= 11 is 3.12. The van der Waals surface area contributed by atoms with Crippen molar-refractivity contribution in [1.82, 2.24) is 10.2 Å². The Morgan fingerprint density at radius 3 is 2.77 bits per heavy atom. The molecule has 1 aromatic carbocycles. The highest BCUT2D eigenvalue weighted by molar-refractivity contribution is 8.00. The van der Waals surface area contributed by atoms with E-state index < -0.39 is 5.97 Å². The summed E-state index contributed by atoms with van der Waals surface area (Å²) < 4.78 is 0. The van der Waals surface area contributed by atoms with Crippen molar-refractivity contribution in [1.29, 1.82) is 0 Å². The summed E-state index contributed by atoms with van der Waals surface area (Å²) in [6.07, 6.45) is 1.01. The number of carboxylic acid groups (broad SMARTS) is 1. The van der Waals surface area contributed by atoms with E-state index in [-0.39, 0.29) is 22.7 Å². The topological polar surface area (TPSA) is 69.6 Å². The van der Waals surface area contributed by atoms with Gasteiger partial charge in [0.05, 0.1) is 16.8 Å². The Morgan fingerprint density at radius 1 is 1.36 bits per heavy atom. The molecule has 2 aliphatic heterocycles. The fourth-order valence-electron chi connectivity index (χ4n) is 2.43. The molecule has 116 valence electrons. The number of fused-ring (bicyclic) bond motifs is 1. The summed E-state index contributed by atoms with van der Waals surface area (Å²) in [5.74, 6) is -0.308. The maximum absolute atomic E-state index is 12.1. The minimum Gasteiger partial charge on any atom is -0.477 e. The predicted molar refractivity (Wildman–Crippen MR) is 87.5 cm³/mol. The van der Waals surface area contributed by atoms with Gasteiger partial charge in [0.1, 0.15) is 5.70 Å². The number of rotatable bonds is 5. The van der Waals surface area contributed by atoms with Crippen molar-refractivity contribution in [2.45, 2.75) is 16.7 Å². The lowest BCUT2D eigenvalue weighted by molar-refractivity contribution is -0.135. The first-order valence-corrected chi connectivity index (χ1v) is 9.01. The summed E-state index contributed by atoms with van der Waals surface area (Å²) in [7, 11) is 0. The number of aliphatic carboxylic acids is 1. The fourth-order valence-corrected chi connectivity index (χ4v) is 4.38. The van der Waals surface area contributed by atoms with Crippen LogP contribution < -0.4 is 5.32 Å². The summed E-state index contributed by atoms with van der Waals surface area (Å²) in [6.45, 7) is 0.747. The van der Waals surface area contributed by atoms with Crippen molar-refractivity contribution in [2.75, 3.05) is 18.1 Å². The summed E-state index contributed by atoms with van der Waals surface area (Å²) in [5, 5.41) is 12.4. The highest BCUT2D eigenvalue weighted by atomic mass is 32.2. The van der Waals surface area contributed by atoms with Gasteiger partial charge in [0.25, 0.3) is 0 Å². The number of hydrogen-bond donors (Lipinski definition) is 2. The normalized spacial score (nSPS) is 20.2. The number of nitrogens with zero attached hydrogens (tertiary/aromatic N) is 1. The van der Waals surface area contributed by atoms with Gasteiger partial charge in [-0.15, -0.1) is 23.5 Å². The molecule has 1 atom stereocenters. The average molecular weight is 336 g/mol. The molecule has 2 aliphatic rings. The van der Waals surface area contributed by atoms with Gasteiger partial charge in [-0.05, 0) is 18.6 Å². The molecule has 0 bridgehead atoms. The maximum atomic E-state index is 12.1. The van der Waals surface area contributed by atoms with Crippen LogP contribution >= 0.6 is 23.5 Å². The van der Waals surface area contributed by atoms with Gasteiger partial charge in [-0.1, -0.05) is 18.2 Å². The molecule has 0 spiro atoms. The van der Waals surface area contributed by atoms with Crippen LogP contribution in [-0.2, 0) is 9.59 Å². The Labute approximate surface area is 137 Å². The number of thioether (sulfide) groups is 2. The van der Waals surface area contributed by atoms with Crippen LogP contribution in [0.4, 0.5) is 0 Å². The molecule has 0 saturated carbocycles. The lowest BCUT2D eigenvalue weighted by Crippen LogP contribution is -2.51. The van der Waals surface area contributed by atoms with E-state index in [4.69, 9.17) is 0 Å². The van der Waals surface area contributed by atoms with Gasteiger partial charge in [-0.25, -0.2) is 4.79 Å². The van der Waals surface area contributed by atoms with E-state index in [0.29, 0.717) is 11.4 Å². The molecule has 7 heteroatoms. The van der Waals surface area contributed by atoms with Crippen LogP contribution in [0.15, 0.2) is 46.6 Å². The lowest BCUT2D eigenvalue weighted by Gasteiger charge is -2.46. The van der Waals surface area contributed by atoms with Gasteiger partial charge in [0.15, 0.2) is 0 Å². The molecule has 1 aromatic rings. The van der Waals surface area contributed by atoms with Crippen LogP contribution in [0.2, 0.25) is 0 Å². The Morgan fingerprint density at radius 2 is 2.14 bits per heavy atom. The molecule has 0 radical (unpaired) electrons. The van der Waals surface area contributed by atoms with Gasteiger partial charge in [-0.3, -0.25) is 4.79 Å². The number of amides is 1. The third-order valence-electron chi connectivity index (χ3n) is 3.56. The van der Waals surface area contributed by atoms with Gasteiger partial charge >= 0.3 is 5.97 Å². The predicted octanol–water partition coefficient (Wildman–Crippen LogP) is 1.97. The second kappa shape index (κ2) is 6.66. The maximum Gasteiger partial charge on any atom is 0.354 e. The minimum absolute atomic E-state index is 0.165. The van der Waals surface area contributed by atoms with Gasteiger partial charge < -0.3 is 15.3 Å². The van der Waals surface area contributed by atoms with E-state index in [2.05, 4.69) is 5.32 Å². The first kappa shape index (κ1) is 15.3. The third kappa shape index (κ3) is 3.25. The zero-order valence-corrected chi connectivity index (χ0v) is 13.5. The van der Waals surface area contributed by atoms with E-state index >= 15 is 0 Å². The Bertz CT molecular complexity index is 618. The van der Waals surface area contributed by atoms with Crippen molar-refractivity contribution in [3.63, 3.8) is 0 Å². The van der Waals surface area contributed by atoms with Gasteiger partial charge in [0, 0.05) is 17.2 Å². The lowest BCUT2D eigenvalue weighted by atomic mass is 10.1. The summed E-state index contributed by atoms with van der Waals surface area (Å²) in [4.78, 5) is 26.4. The molecule has 1 amide bonds. The van der Waals surface area contributed by atoms with Crippen molar-refractivity contribution in [2.24, 2.45) is 0 Å². The number of carbonyl (C=O) groups excluding carboxylic acids is 1. The highest BCUT2D eigenvalue weighted by Crippen LogP contribution is 2.38. The van der Waals surface area contributed by atoms with E-state index in [0.717, 1.165) is 17.9 Å². The zero-order chi connectivity index (χ0) is 15.5. The molecular formula is C15H16N2O3S2. The van der Waals surface area contributed by atoms with Gasteiger partial charge in [0.2, 0.25) is 5.91 Å². The molecule has 0 aromatic heterocycles. The first-order chi connectivity index (χ1) is 10.6. The van der Waals surface area contributed by atoms with E-state index in [1.807, 2.05) is 35.2 Å². The smallest absolute Gasteiger partial charge is 0.354 e. The highest BCUT2D eigenvalue weighted by Gasteiger charge is 2.39. The molecule has 2 N–H and O–H groups in total. The minimum atomic E-state index is -0.962. The molecule has 3 rings (SSSR count). The van der Waals surface area contributed by atoms with Crippen molar-refractivity contribution >= 4 is 35.4 Å². The second-order valence-electron chi connectivity index (χ2n) is 5.03. The molecular weight excluding hydrogens is 320 g/mol. The zero-order valence-electron chi connectivity index (χ0n) is 11.8. The average Bonchev–Trinajstić information content (AvgIpc) is 2.48. The van der Waals surface area contributed by atoms with Crippen molar-refractivity contribution in [3.8, 4) is 0 Å². The first-order valence-electron chi connectivity index (χ1n) is 6.97. The third-order valence-corrected chi connectivity index (χ3v) is 5.91.